The molecule has 94 valence electrons. The van der Waals surface area contributed by atoms with Crippen LogP contribution in [0.4, 0.5) is 0 Å². The molecule has 0 amide bonds. The number of Topliss-reactive ketones (excluding diaryl/α,β-unsaturated/α-hetero) is 1. The fourth-order valence-corrected chi connectivity index (χ4v) is 3.36. The van der Waals surface area contributed by atoms with Crippen molar-refractivity contribution in [1.29, 1.82) is 0 Å². The Morgan fingerprint density at radius 2 is 2.06 bits per heavy atom. The van der Waals surface area contributed by atoms with E-state index < -0.39 is 9.84 Å². The van der Waals surface area contributed by atoms with Crippen molar-refractivity contribution < 1.29 is 17.7 Å². The normalized spacial score (nSPS) is 20.3. The molecule has 2 heterocycles. The number of hydrogen-bond donors (Lipinski definition) is 0. The molecule has 0 unspecified atom stereocenters. The van der Waals surface area contributed by atoms with E-state index in [1.807, 2.05) is 0 Å². The van der Waals surface area contributed by atoms with Gasteiger partial charge in [0.2, 0.25) is 5.89 Å². The Morgan fingerprint density at radius 3 is 2.65 bits per heavy atom. The molecular formula is C10H14N2O4S. The summed E-state index contributed by atoms with van der Waals surface area (Å²) in [4.78, 5) is 15.0. The SMILES string of the molecule is CC(=O)Cc1nc(C2CCS(=O)(=O)CC2)no1. The van der Waals surface area contributed by atoms with Gasteiger partial charge in [-0.25, -0.2) is 8.42 Å². The Hall–Kier alpha value is -1.24. The van der Waals surface area contributed by atoms with Gasteiger partial charge in [0.25, 0.3) is 0 Å². The zero-order chi connectivity index (χ0) is 12.5. The van der Waals surface area contributed by atoms with Gasteiger partial charge in [-0.15, -0.1) is 0 Å². The molecule has 2 rings (SSSR count). The minimum Gasteiger partial charge on any atom is -0.339 e. The average Bonchev–Trinajstić information content (AvgIpc) is 2.65. The molecule has 0 atom stereocenters. The molecule has 0 saturated carbocycles. The van der Waals surface area contributed by atoms with Gasteiger partial charge in [-0.2, -0.15) is 4.98 Å². The first-order chi connectivity index (χ1) is 7.96. The first-order valence-corrected chi connectivity index (χ1v) is 7.31. The first-order valence-electron chi connectivity index (χ1n) is 5.48. The number of rotatable bonds is 3. The van der Waals surface area contributed by atoms with E-state index >= 15 is 0 Å². The third-order valence-corrected chi connectivity index (χ3v) is 4.52. The van der Waals surface area contributed by atoms with Crippen molar-refractivity contribution in [1.82, 2.24) is 10.1 Å². The van der Waals surface area contributed by atoms with E-state index in [1.54, 1.807) is 0 Å². The summed E-state index contributed by atoms with van der Waals surface area (Å²) in [6, 6.07) is 0. The highest BCUT2D eigenvalue weighted by Crippen LogP contribution is 2.26. The minimum atomic E-state index is -2.88. The molecule has 0 aromatic carbocycles. The van der Waals surface area contributed by atoms with Crippen LogP contribution >= 0.6 is 0 Å². The van der Waals surface area contributed by atoms with E-state index in [9.17, 15) is 13.2 Å². The third-order valence-electron chi connectivity index (χ3n) is 2.80. The Kier molecular flexibility index (Phi) is 3.28. The molecule has 1 aliphatic rings. The second-order valence-electron chi connectivity index (χ2n) is 4.35. The predicted octanol–water partition coefficient (Wildman–Crippen LogP) is 0.493. The predicted molar refractivity (Wildman–Crippen MR) is 59.3 cm³/mol. The second-order valence-corrected chi connectivity index (χ2v) is 6.65. The van der Waals surface area contributed by atoms with Crippen molar-refractivity contribution in [2.24, 2.45) is 0 Å². The van der Waals surface area contributed by atoms with Gasteiger partial charge in [-0.1, -0.05) is 5.16 Å². The highest BCUT2D eigenvalue weighted by atomic mass is 32.2. The number of carbonyl (C=O) groups excluding carboxylic acids is 1. The maximum Gasteiger partial charge on any atom is 0.234 e. The van der Waals surface area contributed by atoms with Gasteiger partial charge in [-0.3, -0.25) is 4.79 Å². The first kappa shape index (κ1) is 12.2. The lowest BCUT2D eigenvalue weighted by Gasteiger charge is -2.18. The summed E-state index contributed by atoms with van der Waals surface area (Å²) in [5.41, 5.74) is 0. The lowest BCUT2D eigenvalue weighted by Crippen LogP contribution is -2.22. The molecule has 17 heavy (non-hydrogen) atoms. The second kappa shape index (κ2) is 4.56. The van der Waals surface area contributed by atoms with E-state index in [2.05, 4.69) is 10.1 Å². The zero-order valence-corrected chi connectivity index (χ0v) is 10.4. The van der Waals surface area contributed by atoms with Gasteiger partial charge in [0.15, 0.2) is 5.82 Å². The summed E-state index contributed by atoms with van der Waals surface area (Å²) in [5, 5.41) is 3.81. The van der Waals surface area contributed by atoms with Crippen LogP contribution in [0.5, 0.6) is 0 Å². The van der Waals surface area contributed by atoms with E-state index in [-0.39, 0.29) is 29.6 Å². The molecular weight excluding hydrogens is 244 g/mol. The van der Waals surface area contributed by atoms with Crippen molar-refractivity contribution in [3.63, 3.8) is 0 Å². The molecule has 1 fully saturated rings. The summed E-state index contributed by atoms with van der Waals surface area (Å²) in [6.07, 6.45) is 1.20. The number of nitrogens with zero attached hydrogens (tertiary/aromatic N) is 2. The number of ketones is 1. The summed E-state index contributed by atoms with van der Waals surface area (Å²) in [6.45, 7) is 1.46. The standard InChI is InChI=1S/C10H14N2O4S/c1-7(13)6-9-11-10(12-16-9)8-2-4-17(14,15)5-3-8/h8H,2-6H2,1H3. The molecule has 1 aromatic heterocycles. The van der Waals surface area contributed by atoms with Crippen LogP contribution in [0.3, 0.4) is 0 Å². The van der Waals surface area contributed by atoms with Crippen LogP contribution in [0.25, 0.3) is 0 Å². The van der Waals surface area contributed by atoms with Gasteiger partial charge in [0.1, 0.15) is 15.6 Å². The van der Waals surface area contributed by atoms with Crippen LogP contribution in [0.1, 0.15) is 37.4 Å². The van der Waals surface area contributed by atoms with Gasteiger partial charge in [0, 0.05) is 5.92 Å². The molecule has 1 aliphatic heterocycles. The van der Waals surface area contributed by atoms with Crippen molar-refractivity contribution in [3.8, 4) is 0 Å². The topological polar surface area (TPSA) is 90.1 Å². The summed E-state index contributed by atoms with van der Waals surface area (Å²) < 4.78 is 27.5. The van der Waals surface area contributed by atoms with Crippen LogP contribution in [-0.4, -0.2) is 35.8 Å². The van der Waals surface area contributed by atoms with Crippen molar-refractivity contribution in [2.75, 3.05) is 11.5 Å². The van der Waals surface area contributed by atoms with Crippen molar-refractivity contribution in [3.05, 3.63) is 11.7 Å². The number of aromatic nitrogens is 2. The van der Waals surface area contributed by atoms with E-state index in [0.29, 0.717) is 24.6 Å². The number of sulfone groups is 1. The van der Waals surface area contributed by atoms with E-state index in [1.165, 1.54) is 6.92 Å². The maximum absolute atomic E-state index is 11.3. The minimum absolute atomic E-state index is 0.0305. The number of hydrogen-bond acceptors (Lipinski definition) is 6. The number of carbonyl (C=O) groups is 1. The highest BCUT2D eigenvalue weighted by molar-refractivity contribution is 7.91. The van der Waals surface area contributed by atoms with Crippen molar-refractivity contribution >= 4 is 15.6 Å². The fourth-order valence-electron chi connectivity index (χ4n) is 1.87. The molecule has 1 saturated heterocycles. The van der Waals surface area contributed by atoms with Crippen LogP contribution in [0.15, 0.2) is 4.52 Å². The van der Waals surface area contributed by atoms with Crippen LogP contribution in [0, 0.1) is 0 Å². The molecule has 0 N–H and O–H groups in total. The molecule has 6 nitrogen and oxygen atoms in total. The highest BCUT2D eigenvalue weighted by Gasteiger charge is 2.28. The molecule has 1 aromatic rings. The zero-order valence-electron chi connectivity index (χ0n) is 9.55. The van der Waals surface area contributed by atoms with Gasteiger partial charge in [0.05, 0.1) is 17.9 Å². The lowest BCUT2D eigenvalue weighted by atomic mass is 10.0. The molecule has 7 heteroatoms. The van der Waals surface area contributed by atoms with Crippen molar-refractivity contribution in [2.45, 2.75) is 32.1 Å². The van der Waals surface area contributed by atoms with E-state index in [0.717, 1.165) is 0 Å². The third kappa shape index (κ3) is 3.12. The van der Waals surface area contributed by atoms with Crippen LogP contribution < -0.4 is 0 Å². The Morgan fingerprint density at radius 1 is 1.41 bits per heavy atom. The average molecular weight is 258 g/mol. The fraction of sp³-hybridized carbons (Fsp3) is 0.700. The summed E-state index contributed by atoms with van der Waals surface area (Å²) >= 11 is 0. The van der Waals surface area contributed by atoms with E-state index in [4.69, 9.17) is 4.52 Å². The lowest BCUT2D eigenvalue weighted by molar-refractivity contribution is -0.116. The molecule has 0 bridgehead atoms. The van der Waals surface area contributed by atoms with Crippen LogP contribution in [0.2, 0.25) is 0 Å². The summed E-state index contributed by atoms with van der Waals surface area (Å²) in [7, 11) is -2.88. The largest absolute Gasteiger partial charge is 0.339 e. The molecule has 0 radical (unpaired) electrons. The Balaban J connectivity index is 2.04. The molecule has 0 aliphatic carbocycles. The van der Waals surface area contributed by atoms with Crippen LogP contribution in [-0.2, 0) is 21.1 Å². The molecule has 0 spiro atoms. The van der Waals surface area contributed by atoms with Gasteiger partial charge < -0.3 is 4.52 Å². The van der Waals surface area contributed by atoms with Gasteiger partial charge >= 0.3 is 0 Å². The monoisotopic (exact) mass is 258 g/mol. The Labute approximate surface area is 99.3 Å². The maximum atomic E-state index is 11.3. The Bertz CT molecular complexity index is 506. The van der Waals surface area contributed by atoms with Gasteiger partial charge in [-0.05, 0) is 19.8 Å². The summed E-state index contributed by atoms with van der Waals surface area (Å²) in [5.74, 6) is 1.18. The quantitative estimate of drug-likeness (QED) is 0.783. The smallest absolute Gasteiger partial charge is 0.234 e.